The van der Waals surface area contributed by atoms with Gasteiger partial charge in [0.2, 0.25) is 5.91 Å². The van der Waals surface area contributed by atoms with Crippen LogP contribution in [0.3, 0.4) is 0 Å². The minimum Gasteiger partial charge on any atom is -0.344 e. The van der Waals surface area contributed by atoms with Crippen molar-refractivity contribution in [1.29, 1.82) is 0 Å². The van der Waals surface area contributed by atoms with Gasteiger partial charge >= 0.3 is 0 Å². The molecule has 3 aromatic rings. The van der Waals surface area contributed by atoms with Crippen LogP contribution in [0.25, 0.3) is 15.9 Å². The molecule has 0 fully saturated rings. The third-order valence-electron chi connectivity index (χ3n) is 5.27. The summed E-state index contributed by atoms with van der Waals surface area (Å²) >= 11 is 2.89. The summed E-state index contributed by atoms with van der Waals surface area (Å²) in [6.45, 7) is 4.21. The molecule has 0 saturated carbocycles. The number of thioether (sulfide) groups is 1. The lowest BCUT2D eigenvalue weighted by molar-refractivity contribution is -0.118. The van der Waals surface area contributed by atoms with Gasteiger partial charge in [0.1, 0.15) is 4.83 Å². The first-order valence-corrected chi connectivity index (χ1v) is 11.8. The number of rotatable bonds is 5. The maximum Gasteiger partial charge on any atom is 0.267 e. The Morgan fingerprint density at radius 3 is 2.90 bits per heavy atom. The van der Waals surface area contributed by atoms with Crippen LogP contribution >= 0.6 is 23.1 Å². The standard InChI is InChI=1S/C23H23N3O2S2/c1-4-11-24-19(27)13-29-23-25-21-20(16-7-5-6-8-18(16)30-21)22(28)26(23)17-10-9-14(2)12-15(17)3/h1,9-10,12H,5-8,11,13H2,2-3H3,(H,24,27). The molecule has 5 nitrogen and oxygen atoms in total. The molecule has 1 aliphatic carbocycles. The lowest BCUT2D eigenvalue weighted by atomic mass is 9.97. The molecule has 0 saturated heterocycles. The van der Waals surface area contributed by atoms with Crippen LogP contribution in [0.5, 0.6) is 0 Å². The van der Waals surface area contributed by atoms with E-state index < -0.39 is 0 Å². The summed E-state index contributed by atoms with van der Waals surface area (Å²) in [6.07, 6.45) is 9.42. The van der Waals surface area contributed by atoms with Crippen LogP contribution in [-0.2, 0) is 17.6 Å². The molecule has 4 rings (SSSR count). The van der Waals surface area contributed by atoms with E-state index >= 15 is 0 Å². The molecule has 1 N–H and O–H groups in total. The molecular weight excluding hydrogens is 414 g/mol. The Morgan fingerprint density at radius 2 is 2.13 bits per heavy atom. The third kappa shape index (κ3) is 3.90. The fourth-order valence-electron chi connectivity index (χ4n) is 3.88. The maximum atomic E-state index is 13.7. The number of benzene rings is 1. The Balaban J connectivity index is 1.87. The van der Waals surface area contributed by atoms with Crippen molar-refractivity contribution in [3.05, 3.63) is 50.1 Å². The summed E-state index contributed by atoms with van der Waals surface area (Å²) in [5.74, 6) is 2.37. The van der Waals surface area contributed by atoms with Gasteiger partial charge in [0.15, 0.2) is 5.16 Å². The summed E-state index contributed by atoms with van der Waals surface area (Å²) < 4.78 is 1.68. The first-order chi connectivity index (χ1) is 14.5. The molecule has 0 aliphatic heterocycles. The molecule has 2 heterocycles. The lowest BCUT2D eigenvalue weighted by Gasteiger charge is -2.15. The van der Waals surface area contributed by atoms with Gasteiger partial charge in [-0.1, -0.05) is 35.4 Å². The fourth-order valence-corrected chi connectivity index (χ4v) is 6.02. The van der Waals surface area contributed by atoms with Gasteiger partial charge in [-0.3, -0.25) is 14.2 Å². The molecule has 0 bridgehead atoms. The quantitative estimate of drug-likeness (QED) is 0.375. The highest BCUT2D eigenvalue weighted by molar-refractivity contribution is 7.99. The number of fused-ring (bicyclic) bond motifs is 3. The van der Waals surface area contributed by atoms with Crippen molar-refractivity contribution >= 4 is 39.2 Å². The Hall–Kier alpha value is -2.56. The summed E-state index contributed by atoms with van der Waals surface area (Å²) in [5.41, 5.74) is 4.07. The summed E-state index contributed by atoms with van der Waals surface area (Å²) in [6, 6.07) is 6.01. The minimum atomic E-state index is -0.176. The number of thiophene rings is 1. The van der Waals surface area contributed by atoms with Gasteiger partial charge in [0, 0.05) is 4.88 Å². The minimum absolute atomic E-state index is 0.0436. The molecule has 30 heavy (non-hydrogen) atoms. The Bertz CT molecular complexity index is 1230. The van der Waals surface area contributed by atoms with E-state index in [1.54, 1.807) is 15.9 Å². The molecule has 2 aromatic heterocycles. The van der Waals surface area contributed by atoms with E-state index in [0.29, 0.717) is 5.16 Å². The van der Waals surface area contributed by atoms with Crippen LogP contribution in [-0.4, -0.2) is 27.8 Å². The highest BCUT2D eigenvalue weighted by Gasteiger charge is 2.23. The highest BCUT2D eigenvalue weighted by Crippen LogP contribution is 2.35. The smallest absolute Gasteiger partial charge is 0.267 e. The van der Waals surface area contributed by atoms with Crippen LogP contribution in [0.2, 0.25) is 0 Å². The van der Waals surface area contributed by atoms with Crippen LogP contribution < -0.4 is 10.9 Å². The zero-order valence-electron chi connectivity index (χ0n) is 17.1. The van der Waals surface area contributed by atoms with Gasteiger partial charge in [-0.05, 0) is 56.7 Å². The average molecular weight is 438 g/mol. The van der Waals surface area contributed by atoms with Crippen molar-refractivity contribution in [2.75, 3.05) is 12.3 Å². The lowest BCUT2D eigenvalue weighted by Crippen LogP contribution is -2.27. The number of carbonyl (C=O) groups excluding carboxylic acids is 1. The van der Waals surface area contributed by atoms with Crippen LogP contribution in [0.4, 0.5) is 0 Å². The largest absolute Gasteiger partial charge is 0.344 e. The topological polar surface area (TPSA) is 64.0 Å². The first kappa shape index (κ1) is 20.7. The van der Waals surface area contributed by atoms with Crippen LogP contribution in [0.15, 0.2) is 28.2 Å². The zero-order chi connectivity index (χ0) is 21.3. The van der Waals surface area contributed by atoms with Gasteiger partial charge in [-0.25, -0.2) is 4.98 Å². The predicted octanol–water partition coefficient (Wildman–Crippen LogP) is 3.78. The number of carbonyl (C=O) groups is 1. The second-order valence-electron chi connectivity index (χ2n) is 7.49. The van der Waals surface area contributed by atoms with Crippen molar-refractivity contribution in [2.24, 2.45) is 0 Å². The van der Waals surface area contributed by atoms with Crippen LogP contribution in [0.1, 0.15) is 34.4 Å². The van der Waals surface area contributed by atoms with E-state index in [4.69, 9.17) is 11.4 Å². The van der Waals surface area contributed by atoms with Gasteiger partial charge in [-0.15, -0.1) is 17.8 Å². The monoisotopic (exact) mass is 437 g/mol. The van der Waals surface area contributed by atoms with E-state index in [1.165, 1.54) is 22.2 Å². The maximum absolute atomic E-state index is 13.7. The SMILES string of the molecule is C#CCNC(=O)CSc1nc2sc3c(c2c(=O)n1-c1ccc(C)cc1C)CCCC3. The zero-order valence-corrected chi connectivity index (χ0v) is 18.7. The van der Waals surface area contributed by atoms with E-state index in [1.807, 2.05) is 26.0 Å². The number of hydrogen-bond donors (Lipinski definition) is 1. The summed E-state index contributed by atoms with van der Waals surface area (Å²) in [5, 5.41) is 3.95. The van der Waals surface area contributed by atoms with E-state index in [0.717, 1.165) is 52.7 Å². The van der Waals surface area contributed by atoms with Gasteiger partial charge in [0.25, 0.3) is 5.56 Å². The number of hydrogen-bond acceptors (Lipinski definition) is 5. The first-order valence-electron chi connectivity index (χ1n) is 9.97. The molecule has 1 aliphatic rings. The van der Waals surface area contributed by atoms with Crippen molar-refractivity contribution in [2.45, 2.75) is 44.7 Å². The molecule has 154 valence electrons. The van der Waals surface area contributed by atoms with E-state index in [9.17, 15) is 9.59 Å². The molecule has 1 amide bonds. The van der Waals surface area contributed by atoms with Gasteiger partial charge in [-0.2, -0.15) is 0 Å². The number of aromatic nitrogens is 2. The molecule has 7 heteroatoms. The second kappa shape index (κ2) is 8.66. The van der Waals surface area contributed by atoms with E-state index in [2.05, 4.69) is 17.3 Å². The van der Waals surface area contributed by atoms with Crippen molar-refractivity contribution < 1.29 is 4.79 Å². The number of terminal acetylenes is 1. The van der Waals surface area contributed by atoms with Crippen molar-refractivity contribution in [3.8, 4) is 18.0 Å². The van der Waals surface area contributed by atoms with Crippen molar-refractivity contribution in [3.63, 3.8) is 0 Å². The van der Waals surface area contributed by atoms with Crippen molar-refractivity contribution in [1.82, 2.24) is 14.9 Å². The predicted molar refractivity (Wildman–Crippen MR) is 124 cm³/mol. The number of amides is 1. The Kier molecular flexibility index (Phi) is 5.98. The highest BCUT2D eigenvalue weighted by atomic mass is 32.2. The van der Waals surface area contributed by atoms with E-state index in [-0.39, 0.29) is 23.8 Å². The molecule has 0 unspecified atom stereocenters. The third-order valence-corrected chi connectivity index (χ3v) is 7.40. The molecule has 0 spiro atoms. The Labute approximate surface area is 183 Å². The molecular formula is C23H23N3O2S2. The summed E-state index contributed by atoms with van der Waals surface area (Å²) in [4.78, 5) is 32.7. The van der Waals surface area contributed by atoms with Gasteiger partial charge < -0.3 is 5.32 Å². The fraction of sp³-hybridized carbons (Fsp3) is 0.348. The Morgan fingerprint density at radius 1 is 1.33 bits per heavy atom. The number of nitrogens with one attached hydrogen (secondary N) is 1. The molecule has 1 aromatic carbocycles. The molecule has 0 radical (unpaired) electrons. The summed E-state index contributed by atoms with van der Waals surface area (Å²) in [7, 11) is 0. The number of aryl methyl sites for hydroxylation is 4. The van der Waals surface area contributed by atoms with Gasteiger partial charge in [0.05, 0.1) is 23.4 Å². The molecule has 0 atom stereocenters. The second-order valence-corrected chi connectivity index (χ2v) is 9.51. The van der Waals surface area contributed by atoms with Crippen LogP contribution in [0, 0.1) is 26.2 Å². The normalized spacial score (nSPS) is 13.1. The number of nitrogens with zero attached hydrogens (tertiary/aromatic N) is 2. The average Bonchev–Trinajstić information content (AvgIpc) is 3.10.